The lowest BCUT2D eigenvalue weighted by Gasteiger charge is -2.29. The monoisotopic (exact) mass is 508 g/mol. The number of aryl methyl sites for hydroxylation is 1. The van der Waals surface area contributed by atoms with Crippen LogP contribution in [0.2, 0.25) is 0 Å². The lowest BCUT2D eigenvalue weighted by Crippen LogP contribution is -2.49. The molecule has 0 spiro atoms. The van der Waals surface area contributed by atoms with E-state index in [2.05, 4.69) is 27.9 Å². The predicted octanol–water partition coefficient (Wildman–Crippen LogP) is 4.17. The van der Waals surface area contributed by atoms with Gasteiger partial charge in [-0.2, -0.15) is 0 Å². The largest absolute Gasteiger partial charge is 0.484 e. The fourth-order valence-corrected chi connectivity index (χ4v) is 3.16. The van der Waals surface area contributed by atoms with Gasteiger partial charge in [-0.25, -0.2) is 0 Å². The van der Waals surface area contributed by atoms with Gasteiger partial charge in [-0.3, -0.25) is 9.59 Å². The van der Waals surface area contributed by atoms with E-state index in [1.54, 1.807) is 11.8 Å². The summed E-state index contributed by atoms with van der Waals surface area (Å²) in [5.41, 5.74) is 2.10. The van der Waals surface area contributed by atoms with Crippen LogP contribution in [0, 0.1) is 16.4 Å². The first-order valence-electron chi connectivity index (χ1n) is 9.77. The zero-order valence-corrected chi connectivity index (χ0v) is 19.6. The molecule has 0 saturated carbocycles. The fourth-order valence-electron chi connectivity index (χ4n) is 2.80. The minimum absolute atomic E-state index is 0.117. The van der Waals surface area contributed by atoms with Crippen molar-refractivity contribution in [1.29, 1.82) is 0 Å². The maximum Gasteiger partial charge on any atom is 0.261 e. The second-order valence-corrected chi connectivity index (χ2v) is 8.81. The highest BCUT2D eigenvalue weighted by atomic mass is 127. The zero-order chi connectivity index (χ0) is 21.4. The molecule has 0 aliphatic carbocycles. The molecule has 0 saturated heterocycles. The number of ether oxygens (including phenoxy) is 1. The Labute approximate surface area is 187 Å². The van der Waals surface area contributed by atoms with Crippen LogP contribution in [0.25, 0.3) is 0 Å². The van der Waals surface area contributed by atoms with E-state index in [4.69, 9.17) is 4.74 Å². The average molecular weight is 508 g/mol. The van der Waals surface area contributed by atoms with Crippen molar-refractivity contribution >= 4 is 34.4 Å². The van der Waals surface area contributed by atoms with E-state index in [0.717, 1.165) is 14.7 Å². The normalized spacial score (nSPS) is 11.8. The summed E-state index contributed by atoms with van der Waals surface area (Å²) >= 11 is 2.22. The molecule has 2 amide bonds. The maximum atomic E-state index is 13.0. The molecule has 2 aromatic rings. The van der Waals surface area contributed by atoms with Crippen molar-refractivity contribution in [3.63, 3.8) is 0 Å². The molecule has 0 unspecified atom stereocenters. The van der Waals surface area contributed by atoms with E-state index in [1.807, 2.05) is 69.3 Å². The first kappa shape index (κ1) is 23.2. The Morgan fingerprint density at radius 2 is 1.79 bits per heavy atom. The Bertz CT molecular complexity index is 821. The van der Waals surface area contributed by atoms with Crippen LogP contribution in [0.1, 0.15) is 31.9 Å². The first-order valence-corrected chi connectivity index (χ1v) is 10.8. The van der Waals surface area contributed by atoms with Crippen LogP contribution < -0.4 is 10.1 Å². The number of benzene rings is 2. The summed E-state index contributed by atoms with van der Waals surface area (Å²) in [6.45, 7) is 8.66. The molecule has 29 heavy (non-hydrogen) atoms. The van der Waals surface area contributed by atoms with Crippen LogP contribution in [-0.2, 0) is 16.1 Å². The Kier molecular flexibility index (Phi) is 8.95. The van der Waals surface area contributed by atoms with Crippen LogP contribution >= 0.6 is 22.6 Å². The Morgan fingerprint density at radius 1 is 1.10 bits per heavy atom. The summed E-state index contributed by atoms with van der Waals surface area (Å²) < 4.78 is 6.76. The molecule has 2 rings (SSSR count). The van der Waals surface area contributed by atoms with Crippen LogP contribution in [0.5, 0.6) is 5.75 Å². The number of amides is 2. The van der Waals surface area contributed by atoms with Crippen molar-refractivity contribution < 1.29 is 14.3 Å². The summed E-state index contributed by atoms with van der Waals surface area (Å²) in [7, 11) is 0. The number of hydrogen-bond donors (Lipinski definition) is 1. The highest BCUT2D eigenvalue weighted by Crippen LogP contribution is 2.15. The highest BCUT2D eigenvalue weighted by Gasteiger charge is 2.26. The minimum atomic E-state index is -0.595. The van der Waals surface area contributed by atoms with Gasteiger partial charge in [0.15, 0.2) is 6.61 Å². The maximum absolute atomic E-state index is 13.0. The summed E-state index contributed by atoms with van der Waals surface area (Å²) in [5.74, 6) is 0.591. The van der Waals surface area contributed by atoms with Gasteiger partial charge in [0.2, 0.25) is 5.91 Å². The van der Waals surface area contributed by atoms with Gasteiger partial charge in [0.1, 0.15) is 11.8 Å². The fraction of sp³-hybridized carbons (Fsp3) is 0.391. The summed E-state index contributed by atoms with van der Waals surface area (Å²) in [5, 5.41) is 2.92. The molecule has 0 bridgehead atoms. The van der Waals surface area contributed by atoms with Crippen LogP contribution in [0.15, 0.2) is 48.5 Å². The van der Waals surface area contributed by atoms with Gasteiger partial charge in [0.05, 0.1) is 0 Å². The van der Waals surface area contributed by atoms with Gasteiger partial charge in [0, 0.05) is 16.7 Å². The first-order chi connectivity index (χ1) is 13.8. The molecule has 156 valence electrons. The van der Waals surface area contributed by atoms with Crippen LogP contribution in [0.3, 0.4) is 0 Å². The number of nitrogens with zero attached hydrogens (tertiary/aromatic N) is 1. The van der Waals surface area contributed by atoms with E-state index >= 15 is 0 Å². The number of rotatable bonds is 9. The minimum Gasteiger partial charge on any atom is -0.484 e. The topological polar surface area (TPSA) is 58.6 Å². The Hall–Kier alpha value is -2.09. The number of nitrogens with one attached hydrogen (secondary N) is 1. The highest BCUT2D eigenvalue weighted by molar-refractivity contribution is 14.1. The van der Waals surface area contributed by atoms with Crippen molar-refractivity contribution in [1.82, 2.24) is 10.2 Å². The number of hydrogen-bond acceptors (Lipinski definition) is 3. The van der Waals surface area contributed by atoms with Crippen molar-refractivity contribution in [2.45, 2.75) is 40.3 Å². The lowest BCUT2D eigenvalue weighted by atomic mass is 10.1. The Morgan fingerprint density at radius 3 is 2.41 bits per heavy atom. The summed E-state index contributed by atoms with van der Waals surface area (Å²) in [6, 6.07) is 14.9. The molecule has 0 fully saturated rings. The molecule has 0 aliphatic heterocycles. The Balaban J connectivity index is 2.12. The molecule has 5 nitrogen and oxygen atoms in total. The third-order valence-corrected chi connectivity index (χ3v) is 5.18. The van der Waals surface area contributed by atoms with Crippen molar-refractivity contribution in [2.24, 2.45) is 5.92 Å². The molecule has 2 aromatic carbocycles. The number of halogens is 1. The van der Waals surface area contributed by atoms with Gasteiger partial charge in [-0.05, 0) is 72.2 Å². The van der Waals surface area contributed by atoms with E-state index in [0.29, 0.717) is 24.8 Å². The van der Waals surface area contributed by atoms with E-state index in [9.17, 15) is 9.59 Å². The molecule has 0 heterocycles. The third-order valence-electron chi connectivity index (χ3n) is 4.46. The second-order valence-electron chi connectivity index (χ2n) is 7.57. The quantitative estimate of drug-likeness (QED) is 0.518. The van der Waals surface area contributed by atoms with Crippen molar-refractivity contribution in [2.75, 3.05) is 13.2 Å². The molecule has 1 N–H and O–H groups in total. The van der Waals surface area contributed by atoms with E-state index < -0.39 is 6.04 Å². The van der Waals surface area contributed by atoms with Crippen molar-refractivity contribution in [3.8, 4) is 5.75 Å². The van der Waals surface area contributed by atoms with E-state index in [1.165, 1.54) is 0 Å². The summed E-state index contributed by atoms with van der Waals surface area (Å²) in [6.07, 6.45) is 0. The lowest BCUT2D eigenvalue weighted by molar-refractivity contribution is -0.142. The van der Waals surface area contributed by atoms with Gasteiger partial charge >= 0.3 is 0 Å². The zero-order valence-electron chi connectivity index (χ0n) is 17.4. The average Bonchev–Trinajstić information content (AvgIpc) is 2.69. The third kappa shape index (κ3) is 7.68. The second kappa shape index (κ2) is 11.2. The molecular weight excluding hydrogens is 479 g/mol. The molecular formula is C23H29IN2O3. The van der Waals surface area contributed by atoms with Gasteiger partial charge in [-0.15, -0.1) is 0 Å². The molecule has 1 atom stereocenters. The van der Waals surface area contributed by atoms with Crippen LogP contribution in [-0.4, -0.2) is 35.9 Å². The molecule has 0 aromatic heterocycles. The van der Waals surface area contributed by atoms with Crippen molar-refractivity contribution in [3.05, 3.63) is 63.2 Å². The standard InChI is InChI=1S/C23H29IN2O3/c1-16(2)13-25-23(28)18(4)26(14-19-7-5-6-17(3)12-19)22(27)15-29-21-10-8-20(24)9-11-21/h5-12,16,18H,13-15H2,1-4H3,(H,25,28)/t18-/m0/s1. The number of carbonyl (C=O) groups is 2. The number of carbonyl (C=O) groups excluding carboxylic acids is 2. The van der Waals surface area contributed by atoms with Crippen LogP contribution in [0.4, 0.5) is 0 Å². The van der Waals surface area contributed by atoms with E-state index in [-0.39, 0.29) is 18.4 Å². The van der Waals surface area contributed by atoms with Gasteiger partial charge in [-0.1, -0.05) is 43.7 Å². The molecule has 6 heteroatoms. The SMILES string of the molecule is Cc1cccc(CN(C(=O)COc2ccc(I)cc2)[C@@H](C)C(=O)NCC(C)C)c1. The predicted molar refractivity (Wildman–Crippen MR) is 124 cm³/mol. The van der Waals surface area contributed by atoms with Gasteiger partial charge in [0.25, 0.3) is 5.91 Å². The smallest absolute Gasteiger partial charge is 0.261 e. The molecule has 0 aliphatic rings. The van der Waals surface area contributed by atoms with Gasteiger partial charge < -0.3 is 15.0 Å². The molecule has 0 radical (unpaired) electrons. The summed E-state index contributed by atoms with van der Waals surface area (Å²) in [4.78, 5) is 27.2.